The quantitative estimate of drug-likeness (QED) is 0.797. The zero-order valence-electron chi connectivity index (χ0n) is 9.68. The van der Waals surface area contributed by atoms with Crippen LogP contribution in [0.25, 0.3) is 0 Å². The maximum absolute atomic E-state index is 10.1. The molecule has 1 aliphatic carbocycles. The number of hydrogen-bond acceptors (Lipinski definition) is 3. The zero-order chi connectivity index (χ0) is 11.2. The highest BCUT2D eigenvalue weighted by molar-refractivity contribution is 4.99. The van der Waals surface area contributed by atoms with Crippen molar-refractivity contribution in [1.82, 2.24) is 9.97 Å². The van der Waals surface area contributed by atoms with E-state index in [1.165, 1.54) is 38.5 Å². The molecular formula is C13H20N2O. The third-order valence-electron chi connectivity index (χ3n) is 3.46. The first-order valence-corrected chi connectivity index (χ1v) is 6.30. The second kappa shape index (κ2) is 5.94. The van der Waals surface area contributed by atoms with Crippen LogP contribution in [-0.4, -0.2) is 15.1 Å². The summed E-state index contributed by atoms with van der Waals surface area (Å²) in [4.78, 5) is 8.15. The molecule has 0 saturated heterocycles. The lowest BCUT2D eigenvalue weighted by atomic mass is 9.93. The molecule has 1 fully saturated rings. The minimum atomic E-state index is -0.434. The molecule has 1 aliphatic rings. The van der Waals surface area contributed by atoms with Crippen LogP contribution in [0.3, 0.4) is 0 Å². The first kappa shape index (κ1) is 11.5. The Kier molecular flexibility index (Phi) is 4.28. The Labute approximate surface area is 96.9 Å². The van der Waals surface area contributed by atoms with Crippen LogP contribution in [0.1, 0.15) is 56.7 Å². The molecule has 0 bridgehead atoms. The van der Waals surface area contributed by atoms with E-state index in [2.05, 4.69) is 9.97 Å². The summed E-state index contributed by atoms with van der Waals surface area (Å²) in [7, 11) is 0. The molecule has 1 saturated carbocycles. The number of hydrogen-bond donors (Lipinski definition) is 1. The van der Waals surface area contributed by atoms with Gasteiger partial charge in [0.15, 0.2) is 0 Å². The van der Waals surface area contributed by atoms with Crippen molar-refractivity contribution in [2.75, 3.05) is 0 Å². The molecule has 0 aliphatic heterocycles. The summed E-state index contributed by atoms with van der Waals surface area (Å²) in [6.07, 6.45) is 13.2. The first-order chi connectivity index (χ1) is 7.86. The second-order valence-electron chi connectivity index (χ2n) is 4.74. The van der Waals surface area contributed by atoms with Gasteiger partial charge in [-0.2, -0.15) is 0 Å². The largest absolute Gasteiger partial charge is 0.387 e. The molecule has 1 heterocycles. The maximum Gasteiger partial charge on any atom is 0.0978 e. The third-order valence-corrected chi connectivity index (χ3v) is 3.46. The first-order valence-electron chi connectivity index (χ1n) is 6.30. The van der Waals surface area contributed by atoms with Crippen molar-refractivity contribution in [3.05, 3.63) is 24.3 Å². The number of aliphatic hydroxyl groups is 1. The van der Waals surface area contributed by atoms with Crippen molar-refractivity contribution < 1.29 is 5.11 Å². The smallest absolute Gasteiger partial charge is 0.0978 e. The Balaban J connectivity index is 1.88. The molecule has 0 spiro atoms. The molecule has 0 radical (unpaired) electrons. The van der Waals surface area contributed by atoms with Gasteiger partial charge in [0.25, 0.3) is 0 Å². The monoisotopic (exact) mass is 220 g/mol. The Morgan fingerprint density at radius 3 is 2.56 bits per heavy atom. The molecule has 0 aromatic carbocycles. The molecule has 1 atom stereocenters. The summed E-state index contributed by atoms with van der Waals surface area (Å²) in [5.74, 6) is 0.666. The molecule has 3 heteroatoms. The summed E-state index contributed by atoms with van der Waals surface area (Å²) in [5, 5.41) is 10.1. The normalized spacial score (nSPS) is 20.3. The molecule has 88 valence electrons. The van der Waals surface area contributed by atoms with Gasteiger partial charge in [-0.25, -0.2) is 0 Å². The van der Waals surface area contributed by atoms with Gasteiger partial charge >= 0.3 is 0 Å². The average Bonchev–Trinajstić information content (AvgIpc) is 2.59. The number of rotatable bonds is 3. The lowest BCUT2D eigenvalue weighted by molar-refractivity contribution is 0.134. The van der Waals surface area contributed by atoms with Crippen LogP contribution in [0.15, 0.2) is 18.6 Å². The van der Waals surface area contributed by atoms with Crippen LogP contribution in [0.4, 0.5) is 0 Å². The Bertz CT molecular complexity index is 294. The SMILES string of the molecule is OC(CC1CCCCCC1)c1cnccn1. The summed E-state index contributed by atoms with van der Waals surface area (Å²) < 4.78 is 0. The van der Waals surface area contributed by atoms with E-state index in [1.807, 2.05) is 0 Å². The lowest BCUT2D eigenvalue weighted by Gasteiger charge is -2.17. The van der Waals surface area contributed by atoms with Crippen LogP contribution < -0.4 is 0 Å². The number of aromatic nitrogens is 2. The fraction of sp³-hybridized carbons (Fsp3) is 0.692. The van der Waals surface area contributed by atoms with E-state index in [0.717, 1.165) is 6.42 Å². The van der Waals surface area contributed by atoms with Gasteiger partial charge in [0.05, 0.1) is 18.0 Å². The summed E-state index contributed by atoms with van der Waals surface area (Å²) in [6.45, 7) is 0. The minimum absolute atomic E-state index is 0.434. The molecule has 1 unspecified atom stereocenters. The van der Waals surface area contributed by atoms with E-state index >= 15 is 0 Å². The lowest BCUT2D eigenvalue weighted by Crippen LogP contribution is -2.08. The standard InChI is InChI=1S/C13H20N2O/c16-13(12-10-14-7-8-15-12)9-11-5-3-1-2-4-6-11/h7-8,10-11,13,16H,1-6,9H2. The Hall–Kier alpha value is -0.960. The molecule has 3 nitrogen and oxygen atoms in total. The van der Waals surface area contributed by atoms with Crippen LogP contribution in [-0.2, 0) is 0 Å². The maximum atomic E-state index is 10.1. The van der Waals surface area contributed by atoms with Crippen LogP contribution >= 0.6 is 0 Å². The van der Waals surface area contributed by atoms with Crippen molar-refractivity contribution >= 4 is 0 Å². The van der Waals surface area contributed by atoms with E-state index < -0.39 is 6.10 Å². The summed E-state index contributed by atoms with van der Waals surface area (Å²) >= 11 is 0. The highest BCUT2D eigenvalue weighted by atomic mass is 16.3. The fourth-order valence-corrected chi connectivity index (χ4v) is 2.52. The van der Waals surface area contributed by atoms with Crippen molar-refractivity contribution in [1.29, 1.82) is 0 Å². The highest BCUT2D eigenvalue weighted by Crippen LogP contribution is 2.30. The van der Waals surface area contributed by atoms with Crippen molar-refractivity contribution in [2.45, 2.75) is 51.0 Å². The van der Waals surface area contributed by atoms with E-state index in [-0.39, 0.29) is 0 Å². The topological polar surface area (TPSA) is 46.0 Å². The van der Waals surface area contributed by atoms with Crippen molar-refractivity contribution in [3.63, 3.8) is 0 Å². The molecule has 1 aromatic heterocycles. The van der Waals surface area contributed by atoms with Crippen LogP contribution in [0.5, 0.6) is 0 Å². The predicted octanol–water partition coefficient (Wildman–Crippen LogP) is 2.87. The van der Waals surface area contributed by atoms with E-state index in [0.29, 0.717) is 11.6 Å². The minimum Gasteiger partial charge on any atom is -0.387 e. The number of aliphatic hydroxyl groups excluding tert-OH is 1. The van der Waals surface area contributed by atoms with Gasteiger partial charge in [-0.3, -0.25) is 9.97 Å². The van der Waals surface area contributed by atoms with E-state index in [4.69, 9.17) is 0 Å². The molecule has 16 heavy (non-hydrogen) atoms. The van der Waals surface area contributed by atoms with Gasteiger partial charge in [-0.05, 0) is 12.3 Å². The summed E-state index contributed by atoms with van der Waals surface area (Å²) in [6, 6.07) is 0. The fourth-order valence-electron chi connectivity index (χ4n) is 2.52. The Morgan fingerprint density at radius 1 is 1.19 bits per heavy atom. The van der Waals surface area contributed by atoms with Crippen LogP contribution in [0, 0.1) is 5.92 Å². The molecule has 0 amide bonds. The van der Waals surface area contributed by atoms with Crippen molar-refractivity contribution in [2.24, 2.45) is 5.92 Å². The average molecular weight is 220 g/mol. The second-order valence-corrected chi connectivity index (χ2v) is 4.74. The Morgan fingerprint density at radius 2 is 1.94 bits per heavy atom. The van der Waals surface area contributed by atoms with Crippen LogP contribution in [0.2, 0.25) is 0 Å². The van der Waals surface area contributed by atoms with Gasteiger partial charge < -0.3 is 5.11 Å². The summed E-state index contributed by atoms with van der Waals surface area (Å²) in [5.41, 5.74) is 0.715. The zero-order valence-corrected chi connectivity index (χ0v) is 9.68. The number of nitrogens with zero attached hydrogens (tertiary/aromatic N) is 2. The van der Waals surface area contributed by atoms with E-state index in [1.54, 1.807) is 18.6 Å². The van der Waals surface area contributed by atoms with Crippen molar-refractivity contribution in [3.8, 4) is 0 Å². The molecule has 1 N–H and O–H groups in total. The van der Waals surface area contributed by atoms with Gasteiger partial charge in [-0.1, -0.05) is 38.5 Å². The highest BCUT2D eigenvalue weighted by Gasteiger charge is 2.18. The van der Waals surface area contributed by atoms with Gasteiger partial charge in [-0.15, -0.1) is 0 Å². The molecule has 2 rings (SSSR count). The van der Waals surface area contributed by atoms with E-state index in [9.17, 15) is 5.11 Å². The molecular weight excluding hydrogens is 200 g/mol. The van der Waals surface area contributed by atoms with Gasteiger partial charge in [0, 0.05) is 12.4 Å². The van der Waals surface area contributed by atoms with Gasteiger partial charge in [0.2, 0.25) is 0 Å². The predicted molar refractivity (Wildman–Crippen MR) is 62.8 cm³/mol. The third kappa shape index (κ3) is 3.27. The molecule has 1 aromatic rings. The van der Waals surface area contributed by atoms with Gasteiger partial charge in [0.1, 0.15) is 0 Å².